The van der Waals surface area contributed by atoms with Gasteiger partial charge in [-0.2, -0.15) is 0 Å². The lowest BCUT2D eigenvalue weighted by molar-refractivity contribution is -0.139. The first-order chi connectivity index (χ1) is 15.4. The van der Waals surface area contributed by atoms with Crippen LogP contribution in [0.15, 0.2) is 82.3 Å². The van der Waals surface area contributed by atoms with Gasteiger partial charge < -0.3 is 19.8 Å². The normalized spacial score (nSPS) is 12.0. The summed E-state index contributed by atoms with van der Waals surface area (Å²) in [5, 5.41) is 3.77. The van der Waals surface area contributed by atoms with Crippen molar-refractivity contribution in [3.63, 3.8) is 0 Å². The van der Waals surface area contributed by atoms with Crippen molar-refractivity contribution in [1.82, 2.24) is 10.6 Å². The molecular weight excluding hydrogens is 432 g/mol. The number of amides is 2. The highest BCUT2D eigenvalue weighted by atomic mass is 32.2. The molecule has 0 saturated heterocycles. The molecule has 1 aromatic heterocycles. The molecule has 0 saturated carbocycles. The molecule has 0 unspecified atom stereocenters. The van der Waals surface area contributed by atoms with Crippen LogP contribution in [0.5, 0.6) is 5.75 Å². The molecule has 8 nitrogen and oxygen atoms in total. The monoisotopic (exact) mass is 456 g/mol. The van der Waals surface area contributed by atoms with E-state index in [0.29, 0.717) is 6.42 Å². The van der Waals surface area contributed by atoms with Crippen LogP contribution in [0.1, 0.15) is 16.6 Å². The molecule has 32 heavy (non-hydrogen) atoms. The van der Waals surface area contributed by atoms with Gasteiger partial charge in [-0.15, -0.1) is 0 Å². The van der Waals surface area contributed by atoms with E-state index in [1.807, 2.05) is 24.3 Å². The van der Waals surface area contributed by atoms with Crippen molar-refractivity contribution in [1.29, 1.82) is 0 Å². The Bertz CT molecular complexity index is 1130. The number of methoxy groups -OCH3 is 1. The number of sulfone groups is 1. The number of rotatable bonds is 9. The van der Waals surface area contributed by atoms with Crippen LogP contribution < -0.4 is 15.4 Å². The molecule has 1 heterocycles. The highest BCUT2D eigenvalue weighted by Crippen LogP contribution is 2.28. The summed E-state index contributed by atoms with van der Waals surface area (Å²) in [5.41, 5.74) is 0.971. The van der Waals surface area contributed by atoms with Gasteiger partial charge in [0.1, 0.15) is 16.8 Å². The summed E-state index contributed by atoms with van der Waals surface area (Å²) in [6.07, 6.45) is 1.89. The van der Waals surface area contributed by atoms with Crippen LogP contribution in [-0.2, 0) is 25.8 Å². The standard InChI is InChI=1S/C23H24N2O6S/c1-30-18-11-9-17(10-12-18)13-14-24-22(26)23(27)25-16-21(20-8-5-15-31-20)32(28,29)19-6-3-2-4-7-19/h2-12,15,21H,13-14,16H2,1H3,(H,24,26)(H,25,27)/t21-/m0/s1. The number of hydrogen-bond acceptors (Lipinski definition) is 6. The SMILES string of the molecule is COc1ccc(CCNC(=O)C(=O)NC[C@@H](c2ccco2)S(=O)(=O)c2ccccc2)cc1. The van der Waals surface area contributed by atoms with E-state index in [0.717, 1.165) is 11.3 Å². The number of benzene rings is 2. The predicted molar refractivity (Wildman–Crippen MR) is 118 cm³/mol. The average molecular weight is 457 g/mol. The Kier molecular flexibility index (Phi) is 7.67. The number of hydrogen-bond donors (Lipinski definition) is 2. The molecule has 2 amide bonds. The van der Waals surface area contributed by atoms with Gasteiger partial charge in [0.2, 0.25) is 0 Å². The molecule has 3 rings (SSSR count). The minimum Gasteiger partial charge on any atom is -0.497 e. The highest BCUT2D eigenvalue weighted by molar-refractivity contribution is 7.91. The van der Waals surface area contributed by atoms with Gasteiger partial charge in [-0.1, -0.05) is 30.3 Å². The van der Waals surface area contributed by atoms with E-state index in [1.165, 1.54) is 24.5 Å². The largest absolute Gasteiger partial charge is 0.497 e. The van der Waals surface area contributed by atoms with Crippen LogP contribution in [0.3, 0.4) is 0 Å². The highest BCUT2D eigenvalue weighted by Gasteiger charge is 2.32. The maximum absolute atomic E-state index is 13.1. The van der Waals surface area contributed by atoms with E-state index >= 15 is 0 Å². The van der Waals surface area contributed by atoms with Gasteiger partial charge >= 0.3 is 11.8 Å². The quantitative estimate of drug-likeness (QED) is 0.478. The number of carbonyl (C=O) groups is 2. The molecule has 0 radical (unpaired) electrons. The Morgan fingerprint density at radius 3 is 2.25 bits per heavy atom. The van der Waals surface area contributed by atoms with E-state index in [1.54, 1.807) is 31.4 Å². The first-order valence-electron chi connectivity index (χ1n) is 9.93. The zero-order valence-electron chi connectivity index (χ0n) is 17.5. The van der Waals surface area contributed by atoms with Crippen LogP contribution in [0.25, 0.3) is 0 Å². The van der Waals surface area contributed by atoms with Crippen molar-refractivity contribution >= 4 is 21.7 Å². The fraction of sp³-hybridized carbons (Fsp3) is 0.217. The van der Waals surface area contributed by atoms with Gasteiger partial charge in [-0.05, 0) is 48.4 Å². The lowest BCUT2D eigenvalue weighted by Crippen LogP contribution is -2.42. The van der Waals surface area contributed by atoms with Gasteiger partial charge in [-0.3, -0.25) is 9.59 Å². The second-order valence-corrected chi connectivity index (χ2v) is 9.06. The summed E-state index contributed by atoms with van der Waals surface area (Å²) in [6.45, 7) is -0.0576. The van der Waals surface area contributed by atoms with Gasteiger partial charge in [0.05, 0.1) is 18.3 Å². The maximum Gasteiger partial charge on any atom is 0.309 e. The second kappa shape index (κ2) is 10.6. The minimum absolute atomic E-state index is 0.0968. The van der Waals surface area contributed by atoms with Crippen LogP contribution in [0.4, 0.5) is 0 Å². The number of ether oxygens (including phenoxy) is 1. The molecule has 0 fully saturated rings. The third-order valence-electron chi connectivity index (χ3n) is 4.82. The molecule has 0 aliphatic heterocycles. The second-order valence-electron chi connectivity index (χ2n) is 6.93. The van der Waals surface area contributed by atoms with Crippen molar-refractivity contribution in [3.05, 3.63) is 84.3 Å². The smallest absolute Gasteiger partial charge is 0.309 e. The zero-order valence-corrected chi connectivity index (χ0v) is 18.3. The maximum atomic E-state index is 13.1. The lowest BCUT2D eigenvalue weighted by atomic mass is 10.1. The minimum atomic E-state index is -3.85. The van der Waals surface area contributed by atoms with Crippen LogP contribution in [-0.4, -0.2) is 40.4 Å². The Labute approximate surface area is 186 Å². The lowest BCUT2D eigenvalue weighted by Gasteiger charge is -2.16. The van der Waals surface area contributed by atoms with Crippen LogP contribution in [0.2, 0.25) is 0 Å². The molecule has 168 valence electrons. The number of carbonyl (C=O) groups excluding carboxylic acids is 2. The van der Waals surface area contributed by atoms with E-state index < -0.39 is 26.9 Å². The van der Waals surface area contributed by atoms with Crippen molar-refractivity contribution in [3.8, 4) is 5.75 Å². The molecule has 0 spiro atoms. The molecule has 0 bridgehead atoms. The fourth-order valence-electron chi connectivity index (χ4n) is 3.07. The Balaban J connectivity index is 1.58. The van der Waals surface area contributed by atoms with E-state index in [4.69, 9.17) is 9.15 Å². The van der Waals surface area contributed by atoms with E-state index in [-0.39, 0.29) is 23.7 Å². The number of nitrogens with one attached hydrogen (secondary N) is 2. The summed E-state index contributed by atoms with van der Waals surface area (Å²) < 4.78 is 36.5. The van der Waals surface area contributed by atoms with Gasteiger partial charge in [0.25, 0.3) is 0 Å². The zero-order chi connectivity index (χ0) is 23.0. The Morgan fingerprint density at radius 2 is 1.62 bits per heavy atom. The molecule has 2 aromatic carbocycles. The molecule has 0 aliphatic rings. The molecule has 2 N–H and O–H groups in total. The summed E-state index contributed by atoms with van der Waals surface area (Å²) >= 11 is 0. The van der Waals surface area contributed by atoms with Gasteiger partial charge in [0.15, 0.2) is 9.84 Å². The van der Waals surface area contributed by atoms with Crippen molar-refractivity contribution < 1.29 is 27.2 Å². The van der Waals surface area contributed by atoms with Crippen LogP contribution >= 0.6 is 0 Å². The summed E-state index contributed by atoms with van der Waals surface area (Å²) in [6, 6.07) is 18.3. The van der Waals surface area contributed by atoms with E-state index in [9.17, 15) is 18.0 Å². The number of furan rings is 1. The van der Waals surface area contributed by atoms with Gasteiger partial charge in [-0.25, -0.2) is 8.42 Å². The average Bonchev–Trinajstić information content (AvgIpc) is 3.34. The molecular formula is C23H24N2O6S. The summed E-state index contributed by atoms with van der Waals surface area (Å²) in [7, 11) is -2.28. The van der Waals surface area contributed by atoms with Gasteiger partial charge in [0, 0.05) is 13.1 Å². The Hall–Kier alpha value is -3.59. The third kappa shape index (κ3) is 5.76. The predicted octanol–water partition coefficient (Wildman–Crippen LogP) is 2.28. The van der Waals surface area contributed by atoms with Crippen LogP contribution in [0, 0.1) is 0 Å². The van der Waals surface area contributed by atoms with Crippen molar-refractivity contribution in [2.45, 2.75) is 16.6 Å². The van der Waals surface area contributed by atoms with Crippen molar-refractivity contribution in [2.75, 3.05) is 20.2 Å². The molecule has 3 aromatic rings. The van der Waals surface area contributed by atoms with Crippen molar-refractivity contribution in [2.24, 2.45) is 0 Å². The first kappa shape index (κ1) is 23.1. The topological polar surface area (TPSA) is 115 Å². The third-order valence-corrected chi connectivity index (χ3v) is 6.90. The van der Waals surface area contributed by atoms with E-state index in [2.05, 4.69) is 10.6 Å². The molecule has 1 atom stereocenters. The fourth-order valence-corrected chi connectivity index (χ4v) is 4.68. The summed E-state index contributed by atoms with van der Waals surface area (Å²) in [5.74, 6) is -0.851. The Morgan fingerprint density at radius 1 is 0.938 bits per heavy atom. The first-order valence-corrected chi connectivity index (χ1v) is 11.5. The summed E-state index contributed by atoms with van der Waals surface area (Å²) in [4.78, 5) is 24.5. The molecule has 9 heteroatoms. The molecule has 0 aliphatic carbocycles.